The van der Waals surface area contributed by atoms with E-state index in [4.69, 9.17) is 0 Å². The molecule has 1 atom stereocenters. The lowest BCUT2D eigenvalue weighted by Gasteiger charge is -2.22. The highest BCUT2D eigenvalue weighted by atomic mass is 19.1. The van der Waals surface area contributed by atoms with Gasteiger partial charge in [-0.1, -0.05) is 13.8 Å². The molecule has 2 N–H and O–H groups in total. The Labute approximate surface area is 137 Å². The second-order valence-electron chi connectivity index (χ2n) is 6.21. The lowest BCUT2D eigenvalue weighted by molar-refractivity contribution is 0.0914. The van der Waals surface area contributed by atoms with Gasteiger partial charge in [0.25, 0.3) is 5.91 Å². The van der Waals surface area contributed by atoms with Crippen molar-refractivity contribution in [3.8, 4) is 5.75 Å². The number of halogens is 2. The molecule has 128 valence electrons. The largest absolute Gasteiger partial charge is 0.507 e. The van der Waals surface area contributed by atoms with E-state index in [0.717, 1.165) is 25.2 Å². The fourth-order valence-electron chi connectivity index (χ4n) is 2.93. The second-order valence-corrected chi connectivity index (χ2v) is 6.21. The van der Waals surface area contributed by atoms with Crippen molar-refractivity contribution in [2.45, 2.75) is 39.3 Å². The Morgan fingerprint density at radius 3 is 2.75 bits per heavy atom. The Hall–Kier alpha value is -2.51. The first-order chi connectivity index (χ1) is 11.4. The van der Waals surface area contributed by atoms with E-state index in [0.29, 0.717) is 18.0 Å². The quantitative estimate of drug-likeness (QED) is 0.898. The number of phenolic OH excluding ortho intramolecular Hbond substituents is 1. The molecule has 1 aromatic heterocycles. The van der Waals surface area contributed by atoms with Crippen molar-refractivity contribution >= 4 is 5.91 Å². The molecule has 6 nitrogen and oxygen atoms in total. The molecule has 2 heterocycles. The number of phenols is 1. The number of hydrogen-bond acceptors (Lipinski definition) is 4. The van der Waals surface area contributed by atoms with Gasteiger partial charge in [0.15, 0.2) is 5.82 Å². The Balaban J connectivity index is 1.91. The van der Waals surface area contributed by atoms with E-state index >= 15 is 0 Å². The number of hydrogen-bond donors (Lipinski definition) is 2. The summed E-state index contributed by atoms with van der Waals surface area (Å²) in [6, 6.07) is 0.769. The Morgan fingerprint density at radius 1 is 1.33 bits per heavy atom. The van der Waals surface area contributed by atoms with Gasteiger partial charge in [0.2, 0.25) is 0 Å². The van der Waals surface area contributed by atoms with E-state index in [9.17, 15) is 18.7 Å². The SMILES string of the molecule is CC(C)[C@@H](NC(=O)c1c(O)cc(F)cc1F)c1nnc2n1CCC2. The normalized spacial score (nSPS) is 14.7. The average molecular weight is 336 g/mol. The summed E-state index contributed by atoms with van der Waals surface area (Å²) in [5.74, 6) is -2.18. The van der Waals surface area contributed by atoms with Crippen LogP contribution < -0.4 is 5.32 Å². The predicted octanol–water partition coefficient (Wildman–Crippen LogP) is 2.34. The van der Waals surface area contributed by atoms with Gasteiger partial charge in [-0.2, -0.15) is 0 Å². The number of nitrogens with one attached hydrogen (secondary N) is 1. The van der Waals surface area contributed by atoms with Crippen LogP contribution in [-0.4, -0.2) is 25.8 Å². The van der Waals surface area contributed by atoms with Crippen molar-refractivity contribution in [2.75, 3.05) is 0 Å². The Kier molecular flexibility index (Phi) is 4.21. The zero-order valence-electron chi connectivity index (χ0n) is 13.4. The summed E-state index contributed by atoms with van der Waals surface area (Å²) < 4.78 is 28.9. The lowest BCUT2D eigenvalue weighted by atomic mass is 10.0. The van der Waals surface area contributed by atoms with Crippen LogP contribution in [0.5, 0.6) is 5.75 Å². The first kappa shape index (κ1) is 16.4. The van der Waals surface area contributed by atoms with Crippen LogP contribution in [0, 0.1) is 17.6 Å². The molecular weight excluding hydrogens is 318 g/mol. The van der Waals surface area contributed by atoms with E-state index in [-0.39, 0.29) is 5.92 Å². The molecule has 1 amide bonds. The summed E-state index contributed by atoms with van der Waals surface area (Å²) >= 11 is 0. The van der Waals surface area contributed by atoms with Crippen LogP contribution in [0.25, 0.3) is 0 Å². The van der Waals surface area contributed by atoms with Crippen LogP contribution in [0.4, 0.5) is 8.78 Å². The molecule has 2 aromatic rings. The predicted molar refractivity (Wildman–Crippen MR) is 81.4 cm³/mol. The number of fused-ring (bicyclic) bond motifs is 1. The van der Waals surface area contributed by atoms with E-state index in [1.54, 1.807) is 0 Å². The van der Waals surface area contributed by atoms with E-state index in [2.05, 4.69) is 15.5 Å². The third-order valence-corrected chi connectivity index (χ3v) is 4.13. The summed E-state index contributed by atoms with van der Waals surface area (Å²) in [5, 5.41) is 20.6. The van der Waals surface area contributed by atoms with Gasteiger partial charge in [-0.3, -0.25) is 4.79 Å². The van der Waals surface area contributed by atoms with Gasteiger partial charge in [-0.15, -0.1) is 10.2 Å². The smallest absolute Gasteiger partial charge is 0.258 e. The topological polar surface area (TPSA) is 80.0 Å². The number of aromatic nitrogens is 3. The van der Waals surface area contributed by atoms with E-state index < -0.39 is 34.9 Å². The monoisotopic (exact) mass is 336 g/mol. The number of rotatable bonds is 4. The summed E-state index contributed by atoms with van der Waals surface area (Å²) in [7, 11) is 0. The van der Waals surface area contributed by atoms with Crippen LogP contribution in [0.3, 0.4) is 0 Å². The number of amides is 1. The molecule has 0 aliphatic carbocycles. The minimum Gasteiger partial charge on any atom is -0.507 e. The third-order valence-electron chi connectivity index (χ3n) is 4.13. The average Bonchev–Trinajstić information content (AvgIpc) is 3.06. The number of benzene rings is 1. The zero-order valence-corrected chi connectivity index (χ0v) is 13.4. The maximum atomic E-state index is 13.9. The van der Waals surface area contributed by atoms with Crippen molar-refractivity contribution < 1.29 is 18.7 Å². The molecular formula is C16H18F2N4O2. The molecule has 24 heavy (non-hydrogen) atoms. The zero-order chi connectivity index (χ0) is 17.4. The molecule has 0 fully saturated rings. The van der Waals surface area contributed by atoms with Crippen LogP contribution in [0.2, 0.25) is 0 Å². The first-order valence-electron chi connectivity index (χ1n) is 7.79. The highest BCUT2D eigenvalue weighted by Crippen LogP contribution is 2.27. The second kappa shape index (κ2) is 6.18. The molecule has 0 saturated heterocycles. The summed E-state index contributed by atoms with van der Waals surface area (Å²) in [6.07, 6.45) is 1.79. The highest BCUT2D eigenvalue weighted by molar-refractivity contribution is 5.97. The maximum absolute atomic E-state index is 13.9. The molecule has 0 saturated carbocycles. The molecule has 1 aliphatic rings. The van der Waals surface area contributed by atoms with Crippen LogP contribution >= 0.6 is 0 Å². The van der Waals surface area contributed by atoms with Gasteiger partial charge >= 0.3 is 0 Å². The van der Waals surface area contributed by atoms with Gasteiger partial charge in [-0.25, -0.2) is 8.78 Å². The van der Waals surface area contributed by atoms with Crippen LogP contribution in [0.15, 0.2) is 12.1 Å². The van der Waals surface area contributed by atoms with E-state index in [1.807, 2.05) is 18.4 Å². The molecule has 1 aliphatic heterocycles. The molecule has 1 aromatic carbocycles. The number of aryl methyl sites for hydroxylation is 1. The van der Waals surface area contributed by atoms with Gasteiger partial charge in [0.05, 0.1) is 6.04 Å². The number of carbonyl (C=O) groups is 1. The van der Waals surface area contributed by atoms with Crippen LogP contribution in [-0.2, 0) is 13.0 Å². The van der Waals surface area contributed by atoms with E-state index in [1.165, 1.54) is 0 Å². The van der Waals surface area contributed by atoms with Crippen molar-refractivity contribution in [2.24, 2.45) is 5.92 Å². The highest BCUT2D eigenvalue weighted by Gasteiger charge is 2.29. The summed E-state index contributed by atoms with van der Waals surface area (Å²) in [4.78, 5) is 12.4. The number of aromatic hydroxyl groups is 1. The fraction of sp³-hybridized carbons (Fsp3) is 0.438. The molecule has 3 rings (SSSR count). The third kappa shape index (κ3) is 2.83. The Morgan fingerprint density at radius 2 is 2.08 bits per heavy atom. The standard InChI is InChI=1S/C16H18F2N4O2/c1-8(2)14(15-21-20-12-4-3-5-22(12)15)19-16(24)13-10(18)6-9(17)7-11(13)23/h6-8,14,23H,3-5H2,1-2H3,(H,19,24)/t14-/m1/s1. The van der Waals surface area contributed by atoms with Crippen molar-refractivity contribution in [3.05, 3.63) is 41.0 Å². The Bertz CT molecular complexity index is 765. The van der Waals surface area contributed by atoms with Crippen molar-refractivity contribution in [1.29, 1.82) is 0 Å². The number of carbonyl (C=O) groups excluding carboxylic acids is 1. The van der Waals surface area contributed by atoms with Crippen molar-refractivity contribution in [3.63, 3.8) is 0 Å². The van der Waals surface area contributed by atoms with Gasteiger partial charge in [0.1, 0.15) is 28.8 Å². The molecule has 8 heteroatoms. The minimum atomic E-state index is -1.11. The molecule has 0 unspecified atom stereocenters. The lowest BCUT2D eigenvalue weighted by Crippen LogP contribution is -2.34. The maximum Gasteiger partial charge on any atom is 0.258 e. The van der Waals surface area contributed by atoms with Crippen molar-refractivity contribution in [1.82, 2.24) is 20.1 Å². The minimum absolute atomic E-state index is 0.0338. The van der Waals surface area contributed by atoms with Gasteiger partial charge in [-0.05, 0) is 12.3 Å². The van der Waals surface area contributed by atoms with Gasteiger partial charge < -0.3 is 15.0 Å². The van der Waals surface area contributed by atoms with Crippen LogP contribution in [0.1, 0.15) is 48.3 Å². The molecule has 0 bridgehead atoms. The molecule has 0 spiro atoms. The first-order valence-corrected chi connectivity index (χ1v) is 7.79. The summed E-state index contributed by atoms with van der Waals surface area (Å²) in [5.41, 5.74) is -0.580. The fourth-order valence-corrected chi connectivity index (χ4v) is 2.93. The molecule has 0 radical (unpaired) electrons. The number of nitrogens with zero attached hydrogens (tertiary/aromatic N) is 3. The van der Waals surface area contributed by atoms with Gasteiger partial charge in [0, 0.05) is 25.1 Å². The summed E-state index contributed by atoms with van der Waals surface area (Å²) in [6.45, 7) is 4.55.